The predicted molar refractivity (Wildman–Crippen MR) is 100 cm³/mol. The van der Waals surface area contributed by atoms with Gasteiger partial charge in [-0.1, -0.05) is 11.6 Å². The summed E-state index contributed by atoms with van der Waals surface area (Å²) in [5, 5.41) is 13.8. The maximum atomic E-state index is 12.4. The quantitative estimate of drug-likeness (QED) is 0.515. The molecule has 0 fully saturated rings. The standard InChI is InChI=1S/C18H13ClN6O/c1-9(13-5-10-4-12(19)2-3-14(10)25-18(13)26)24-17-16-15(22-8-23-16)11(6-20)7-21-17/h2-5,7-9H,1H3,(H,21,24)(H,22,23)(H,25,26)/t9-/m0/s1. The molecule has 0 unspecified atom stereocenters. The average Bonchev–Trinajstić information content (AvgIpc) is 3.12. The summed E-state index contributed by atoms with van der Waals surface area (Å²) in [6.45, 7) is 1.86. The molecule has 0 saturated carbocycles. The van der Waals surface area contributed by atoms with Gasteiger partial charge in [-0.15, -0.1) is 0 Å². The summed E-state index contributed by atoms with van der Waals surface area (Å²) in [6.07, 6.45) is 2.98. The molecule has 0 aliphatic heterocycles. The Labute approximate surface area is 152 Å². The van der Waals surface area contributed by atoms with Crippen molar-refractivity contribution in [2.24, 2.45) is 0 Å². The minimum atomic E-state index is -0.331. The van der Waals surface area contributed by atoms with Gasteiger partial charge in [0, 0.05) is 27.7 Å². The monoisotopic (exact) mass is 364 g/mol. The van der Waals surface area contributed by atoms with Crippen molar-refractivity contribution in [2.45, 2.75) is 13.0 Å². The molecule has 1 aromatic carbocycles. The number of pyridine rings is 2. The molecule has 7 nitrogen and oxygen atoms in total. The van der Waals surface area contributed by atoms with Crippen LogP contribution in [-0.4, -0.2) is 19.9 Å². The first-order valence-electron chi connectivity index (χ1n) is 7.88. The number of halogens is 1. The number of benzene rings is 1. The summed E-state index contributed by atoms with van der Waals surface area (Å²) < 4.78 is 0. The van der Waals surface area contributed by atoms with Crippen molar-refractivity contribution < 1.29 is 0 Å². The Hall–Kier alpha value is -3.37. The Morgan fingerprint density at radius 3 is 2.96 bits per heavy atom. The smallest absolute Gasteiger partial charge is 0.253 e. The number of fused-ring (bicyclic) bond motifs is 2. The molecule has 3 heterocycles. The molecule has 4 aromatic rings. The third-order valence-electron chi connectivity index (χ3n) is 4.23. The van der Waals surface area contributed by atoms with E-state index in [9.17, 15) is 4.79 Å². The molecule has 0 radical (unpaired) electrons. The highest BCUT2D eigenvalue weighted by Crippen LogP contribution is 2.25. The lowest BCUT2D eigenvalue weighted by molar-refractivity contribution is 0.859. The fourth-order valence-electron chi connectivity index (χ4n) is 2.92. The zero-order chi connectivity index (χ0) is 18.3. The van der Waals surface area contributed by atoms with Gasteiger partial charge < -0.3 is 15.3 Å². The van der Waals surface area contributed by atoms with Gasteiger partial charge in [-0.25, -0.2) is 9.97 Å². The second kappa shape index (κ2) is 6.17. The van der Waals surface area contributed by atoms with E-state index >= 15 is 0 Å². The van der Waals surface area contributed by atoms with Crippen molar-refractivity contribution in [1.29, 1.82) is 5.26 Å². The van der Waals surface area contributed by atoms with Crippen molar-refractivity contribution in [3.8, 4) is 6.07 Å². The summed E-state index contributed by atoms with van der Waals surface area (Å²) in [5.74, 6) is 0.498. The van der Waals surface area contributed by atoms with Crippen molar-refractivity contribution in [1.82, 2.24) is 19.9 Å². The van der Waals surface area contributed by atoms with Crippen molar-refractivity contribution >= 4 is 39.4 Å². The van der Waals surface area contributed by atoms with E-state index in [0.717, 1.165) is 10.9 Å². The predicted octanol–water partition coefficient (Wildman–Crippen LogP) is 3.50. The number of nitrogens with one attached hydrogen (secondary N) is 3. The number of hydrogen-bond acceptors (Lipinski definition) is 5. The summed E-state index contributed by atoms with van der Waals surface area (Å²) in [6, 6.07) is 8.86. The van der Waals surface area contributed by atoms with E-state index in [0.29, 0.717) is 33.0 Å². The minimum absolute atomic E-state index is 0.188. The molecule has 0 bridgehead atoms. The molecule has 3 N–H and O–H groups in total. The molecule has 1 atom stereocenters. The van der Waals surface area contributed by atoms with E-state index in [-0.39, 0.29) is 11.6 Å². The van der Waals surface area contributed by atoms with Crippen LogP contribution in [0.3, 0.4) is 0 Å². The van der Waals surface area contributed by atoms with Crippen LogP contribution in [-0.2, 0) is 0 Å². The van der Waals surface area contributed by atoms with Crippen LogP contribution in [0.2, 0.25) is 5.02 Å². The number of imidazole rings is 1. The van der Waals surface area contributed by atoms with Gasteiger partial charge in [-0.05, 0) is 31.2 Å². The second-order valence-corrected chi connectivity index (χ2v) is 6.35. The van der Waals surface area contributed by atoms with Crippen molar-refractivity contribution in [3.05, 3.63) is 63.3 Å². The maximum Gasteiger partial charge on any atom is 0.253 e. The van der Waals surface area contributed by atoms with Gasteiger partial charge in [0.1, 0.15) is 11.6 Å². The van der Waals surface area contributed by atoms with E-state index < -0.39 is 0 Å². The third-order valence-corrected chi connectivity index (χ3v) is 4.47. The van der Waals surface area contributed by atoms with Gasteiger partial charge >= 0.3 is 0 Å². The average molecular weight is 365 g/mol. The first kappa shape index (κ1) is 16.1. The first-order valence-corrected chi connectivity index (χ1v) is 8.26. The zero-order valence-corrected chi connectivity index (χ0v) is 14.4. The molecule has 0 spiro atoms. The lowest BCUT2D eigenvalue weighted by Gasteiger charge is -2.15. The highest BCUT2D eigenvalue weighted by Gasteiger charge is 2.16. The molecule has 0 aliphatic carbocycles. The fourth-order valence-corrected chi connectivity index (χ4v) is 3.10. The topological polar surface area (TPSA) is 110 Å². The molecular weight excluding hydrogens is 352 g/mol. The van der Waals surface area contributed by atoms with Crippen LogP contribution in [0.15, 0.2) is 41.6 Å². The van der Waals surface area contributed by atoms with Crippen LogP contribution in [0.25, 0.3) is 21.9 Å². The SMILES string of the molecule is C[C@H](Nc1ncc(C#N)c2[nH]cnc12)c1cc2cc(Cl)ccc2[nH]c1=O. The Morgan fingerprint density at radius 2 is 2.15 bits per heavy atom. The van der Waals surface area contributed by atoms with Gasteiger partial charge in [0.2, 0.25) is 0 Å². The molecule has 0 aliphatic rings. The summed E-state index contributed by atoms with van der Waals surface area (Å²) in [5.41, 5.74) is 2.66. The van der Waals surface area contributed by atoms with Crippen LogP contribution in [0.4, 0.5) is 5.82 Å². The number of nitriles is 1. The number of hydrogen-bond donors (Lipinski definition) is 3. The largest absolute Gasteiger partial charge is 0.361 e. The number of anilines is 1. The van der Waals surface area contributed by atoms with Gasteiger partial charge in [-0.2, -0.15) is 5.26 Å². The third kappa shape index (κ3) is 2.66. The normalized spacial score (nSPS) is 12.2. The summed E-state index contributed by atoms with van der Waals surface area (Å²) in [7, 11) is 0. The van der Waals surface area contributed by atoms with Crippen molar-refractivity contribution in [2.75, 3.05) is 5.32 Å². The van der Waals surface area contributed by atoms with Crippen molar-refractivity contribution in [3.63, 3.8) is 0 Å². The number of aromatic nitrogens is 4. The Morgan fingerprint density at radius 1 is 1.31 bits per heavy atom. The van der Waals surface area contributed by atoms with E-state index in [2.05, 4.69) is 31.3 Å². The number of H-pyrrole nitrogens is 2. The zero-order valence-electron chi connectivity index (χ0n) is 13.7. The molecule has 0 saturated heterocycles. The van der Waals surface area contributed by atoms with E-state index in [4.69, 9.17) is 16.9 Å². The lowest BCUT2D eigenvalue weighted by Crippen LogP contribution is -2.20. The van der Waals surface area contributed by atoms with E-state index in [1.54, 1.807) is 18.2 Å². The summed E-state index contributed by atoms with van der Waals surface area (Å²) >= 11 is 6.05. The van der Waals surface area contributed by atoms with Crippen LogP contribution in [0, 0.1) is 11.3 Å². The van der Waals surface area contributed by atoms with Gasteiger partial charge in [0.25, 0.3) is 5.56 Å². The first-order chi connectivity index (χ1) is 12.6. The highest BCUT2D eigenvalue weighted by atomic mass is 35.5. The van der Waals surface area contributed by atoms with E-state index in [1.807, 2.05) is 13.0 Å². The second-order valence-electron chi connectivity index (χ2n) is 5.91. The van der Waals surface area contributed by atoms with Crippen LogP contribution >= 0.6 is 11.6 Å². The number of rotatable bonds is 3. The van der Waals surface area contributed by atoms with Gasteiger partial charge in [0.05, 0.1) is 23.4 Å². The van der Waals surface area contributed by atoms with Crippen LogP contribution in [0.1, 0.15) is 24.1 Å². The summed E-state index contributed by atoms with van der Waals surface area (Å²) in [4.78, 5) is 26.7. The number of aromatic amines is 2. The Bertz CT molecular complexity index is 1240. The van der Waals surface area contributed by atoms with Gasteiger partial charge in [-0.3, -0.25) is 4.79 Å². The fraction of sp³-hybridized carbons (Fsp3) is 0.111. The maximum absolute atomic E-state index is 12.4. The molecular formula is C18H13ClN6O. The van der Waals surface area contributed by atoms with Crippen LogP contribution < -0.4 is 10.9 Å². The molecule has 8 heteroatoms. The highest BCUT2D eigenvalue weighted by molar-refractivity contribution is 6.31. The number of nitrogens with zero attached hydrogens (tertiary/aromatic N) is 3. The molecule has 26 heavy (non-hydrogen) atoms. The molecule has 4 rings (SSSR count). The Kier molecular flexibility index (Phi) is 3.82. The van der Waals surface area contributed by atoms with E-state index in [1.165, 1.54) is 12.5 Å². The van der Waals surface area contributed by atoms with Gasteiger partial charge in [0.15, 0.2) is 5.82 Å². The Balaban J connectivity index is 1.75. The lowest BCUT2D eigenvalue weighted by atomic mass is 10.1. The molecule has 3 aromatic heterocycles. The minimum Gasteiger partial charge on any atom is -0.361 e. The molecule has 128 valence electrons. The van der Waals surface area contributed by atoms with Crippen LogP contribution in [0.5, 0.6) is 0 Å². The molecule has 0 amide bonds.